The van der Waals surface area contributed by atoms with Crippen LogP contribution >= 0.6 is 11.8 Å². The number of nitrogens with one attached hydrogen (secondary N) is 3. The lowest BCUT2D eigenvalue weighted by Gasteiger charge is -2.21. The van der Waals surface area contributed by atoms with E-state index in [1.807, 2.05) is 0 Å². The predicted molar refractivity (Wildman–Crippen MR) is 96.8 cm³/mol. The van der Waals surface area contributed by atoms with Crippen molar-refractivity contribution in [2.75, 3.05) is 5.32 Å². The van der Waals surface area contributed by atoms with Crippen LogP contribution in [0.25, 0.3) is 0 Å². The molecule has 2 aromatic carbocycles. The molecule has 1 unspecified atom stereocenters. The van der Waals surface area contributed by atoms with Crippen LogP contribution in [0.1, 0.15) is 22.8 Å². The van der Waals surface area contributed by atoms with E-state index in [0.29, 0.717) is 11.3 Å². The Labute approximate surface area is 161 Å². The molecule has 10 heteroatoms. The maximum Gasteiger partial charge on any atom is 0.446 e. The molecule has 1 fully saturated rings. The van der Waals surface area contributed by atoms with E-state index in [0.717, 1.165) is 0 Å². The summed E-state index contributed by atoms with van der Waals surface area (Å²) in [6.07, 6.45) is 0. The number of anilines is 1. The van der Waals surface area contributed by atoms with E-state index < -0.39 is 28.9 Å². The van der Waals surface area contributed by atoms with Crippen molar-refractivity contribution in [1.82, 2.24) is 10.6 Å². The number of rotatable bonds is 4. The summed E-state index contributed by atoms with van der Waals surface area (Å²) in [6, 6.07) is 10.8. The van der Waals surface area contributed by atoms with Crippen LogP contribution in [0.3, 0.4) is 0 Å². The largest absolute Gasteiger partial charge is 0.446 e. The number of alkyl halides is 3. The van der Waals surface area contributed by atoms with Crippen molar-refractivity contribution >= 4 is 35.3 Å². The first-order valence-corrected chi connectivity index (χ1v) is 8.80. The van der Waals surface area contributed by atoms with Gasteiger partial charge in [-0.15, -0.1) is 0 Å². The van der Waals surface area contributed by atoms with Crippen LogP contribution in [0.2, 0.25) is 0 Å². The van der Waals surface area contributed by atoms with Gasteiger partial charge in [0.05, 0.1) is 0 Å². The molecule has 1 aliphatic heterocycles. The van der Waals surface area contributed by atoms with E-state index in [-0.39, 0.29) is 22.2 Å². The number of hydrogen-bond donors (Lipinski definition) is 3. The van der Waals surface area contributed by atoms with Crippen LogP contribution in [0.5, 0.6) is 0 Å². The highest BCUT2D eigenvalue weighted by atomic mass is 32.2. The Kier molecular flexibility index (Phi) is 5.07. The van der Waals surface area contributed by atoms with Gasteiger partial charge in [-0.2, -0.15) is 13.2 Å². The molecule has 0 aromatic heterocycles. The lowest BCUT2D eigenvalue weighted by atomic mass is 9.92. The summed E-state index contributed by atoms with van der Waals surface area (Å²) in [5.74, 6) is -1.04. The van der Waals surface area contributed by atoms with Gasteiger partial charge in [-0.05, 0) is 60.6 Å². The van der Waals surface area contributed by atoms with Crippen LogP contribution < -0.4 is 16.0 Å². The zero-order valence-corrected chi connectivity index (χ0v) is 15.2. The summed E-state index contributed by atoms with van der Waals surface area (Å²) < 4.78 is 37.1. The van der Waals surface area contributed by atoms with Gasteiger partial charge in [-0.3, -0.25) is 14.9 Å². The third kappa shape index (κ3) is 4.28. The van der Waals surface area contributed by atoms with E-state index in [2.05, 4.69) is 16.0 Å². The van der Waals surface area contributed by atoms with Crippen molar-refractivity contribution in [1.29, 1.82) is 0 Å². The maximum atomic E-state index is 12.4. The molecule has 146 valence electrons. The molecular weight excluding hydrogens is 395 g/mol. The number of imide groups is 1. The highest BCUT2D eigenvalue weighted by Gasteiger charge is 2.43. The lowest BCUT2D eigenvalue weighted by molar-refractivity contribution is -0.123. The van der Waals surface area contributed by atoms with Crippen LogP contribution in [-0.4, -0.2) is 23.4 Å². The van der Waals surface area contributed by atoms with E-state index in [9.17, 15) is 27.6 Å². The smallest absolute Gasteiger partial charge is 0.322 e. The van der Waals surface area contributed by atoms with E-state index >= 15 is 0 Å². The van der Waals surface area contributed by atoms with Crippen molar-refractivity contribution in [3.8, 4) is 0 Å². The second-order valence-electron chi connectivity index (χ2n) is 6.14. The molecule has 1 atom stereocenters. The Morgan fingerprint density at radius 2 is 1.79 bits per heavy atom. The Morgan fingerprint density at radius 3 is 2.36 bits per heavy atom. The molecule has 1 heterocycles. The summed E-state index contributed by atoms with van der Waals surface area (Å²) in [6.45, 7) is 1.53. The molecule has 2 aromatic rings. The van der Waals surface area contributed by atoms with Crippen molar-refractivity contribution in [3.63, 3.8) is 0 Å². The number of urea groups is 1. The normalized spacial score (nSPS) is 19.1. The van der Waals surface area contributed by atoms with Gasteiger partial charge in [0.1, 0.15) is 5.54 Å². The van der Waals surface area contributed by atoms with Crippen LogP contribution in [0.15, 0.2) is 53.4 Å². The lowest BCUT2D eigenvalue weighted by Crippen LogP contribution is -2.40. The molecule has 0 aliphatic carbocycles. The van der Waals surface area contributed by atoms with Gasteiger partial charge in [0.2, 0.25) is 0 Å². The molecule has 28 heavy (non-hydrogen) atoms. The summed E-state index contributed by atoms with van der Waals surface area (Å²) in [7, 11) is 0. The van der Waals surface area contributed by atoms with Gasteiger partial charge >= 0.3 is 11.5 Å². The fourth-order valence-electron chi connectivity index (χ4n) is 2.67. The van der Waals surface area contributed by atoms with Gasteiger partial charge in [0.15, 0.2) is 0 Å². The topological polar surface area (TPSA) is 87.3 Å². The van der Waals surface area contributed by atoms with Crippen molar-refractivity contribution in [3.05, 3.63) is 59.7 Å². The first kappa shape index (κ1) is 19.7. The first-order chi connectivity index (χ1) is 13.1. The first-order valence-electron chi connectivity index (χ1n) is 7.98. The average molecular weight is 409 g/mol. The minimum Gasteiger partial charge on any atom is -0.322 e. The Bertz CT molecular complexity index is 947. The van der Waals surface area contributed by atoms with E-state index in [4.69, 9.17) is 0 Å². The van der Waals surface area contributed by atoms with E-state index in [1.165, 1.54) is 37.3 Å². The zero-order valence-electron chi connectivity index (χ0n) is 14.4. The second kappa shape index (κ2) is 7.19. The van der Waals surface area contributed by atoms with Gasteiger partial charge in [0, 0.05) is 16.1 Å². The molecule has 0 saturated carbocycles. The van der Waals surface area contributed by atoms with Crippen molar-refractivity contribution in [2.45, 2.75) is 22.9 Å². The number of benzene rings is 2. The molecule has 1 saturated heterocycles. The molecule has 1 aliphatic rings. The Balaban J connectivity index is 1.75. The number of hydrogen-bond acceptors (Lipinski definition) is 4. The minimum absolute atomic E-state index is 0.0260. The highest BCUT2D eigenvalue weighted by Crippen LogP contribution is 2.36. The number of halogens is 3. The van der Waals surface area contributed by atoms with Crippen LogP contribution in [0.4, 0.5) is 23.7 Å². The van der Waals surface area contributed by atoms with Crippen molar-refractivity contribution < 1.29 is 27.6 Å². The molecule has 0 spiro atoms. The fraction of sp³-hybridized carbons (Fsp3) is 0.167. The highest BCUT2D eigenvalue weighted by molar-refractivity contribution is 8.00. The molecule has 3 N–H and O–H groups in total. The molecule has 3 rings (SSSR count). The standard InChI is InChI=1S/C18H14F3N3O3S/c1-17(15(26)23-16(27)24-17)11-3-2-4-12(9-11)22-14(25)10-5-7-13(8-6-10)28-18(19,20)21/h2-9H,1H3,(H,22,25)(H2,23,24,26,27). The SMILES string of the molecule is CC1(c2cccc(NC(=O)c3ccc(SC(F)(F)F)cc3)c2)NC(=O)NC1=O. The number of amides is 4. The maximum absolute atomic E-state index is 12.4. The predicted octanol–water partition coefficient (Wildman–Crippen LogP) is 3.61. The summed E-state index contributed by atoms with van der Waals surface area (Å²) in [5.41, 5.74) is -4.66. The molecule has 6 nitrogen and oxygen atoms in total. The van der Waals surface area contributed by atoms with Crippen LogP contribution in [0, 0.1) is 0 Å². The third-order valence-corrected chi connectivity index (χ3v) is 4.83. The quantitative estimate of drug-likeness (QED) is 0.532. The van der Waals surface area contributed by atoms with Gasteiger partial charge < -0.3 is 10.6 Å². The van der Waals surface area contributed by atoms with Crippen molar-refractivity contribution in [2.24, 2.45) is 0 Å². The summed E-state index contributed by atoms with van der Waals surface area (Å²) in [4.78, 5) is 35.8. The molecule has 0 radical (unpaired) electrons. The molecular formula is C18H14F3N3O3S. The fourth-order valence-corrected chi connectivity index (χ4v) is 3.21. The zero-order chi connectivity index (χ0) is 20.5. The third-order valence-electron chi connectivity index (χ3n) is 4.09. The Morgan fingerprint density at radius 1 is 1.11 bits per heavy atom. The molecule has 0 bridgehead atoms. The average Bonchev–Trinajstić information content (AvgIpc) is 2.87. The number of carbonyl (C=O) groups is 3. The number of thioether (sulfide) groups is 1. The number of carbonyl (C=O) groups excluding carboxylic acids is 3. The summed E-state index contributed by atoms with van der Waals surface area (Å²) in [5, 5.41) is 7.30. The summed E-state index contributed by atoms with van der Waals surface area (Å²) >= 11 is -0.263. The van der Waals surface area contributed by atoms with Gasteiger partial charge in [-0.25, -0.2) is 4.79 Å². The minimum atomic E-state index is -4.40. The van der Waals surface area contributed by atoms with Crippen LogP contribution in [-0.2, 0) is 10.3 Å². The van der Waals surface area contributed by atoms with Gasteiger partial charge in [-0.1, -0.05) is 12.1 Å². The monoisotopic (exact) mass is 409 g/mol. The van der Waals surface area contributed by atoms with Gasteiger partial charge in [0.25, 0.3) is 11.8 Å². The van der Waals surface area contributed by atoms with E-state index in [1.54, 1.807) is 18.2 Å². The second-order valence-corrected chi connectivity index (χ2v) is 7.28. The Hall–Kier alpha value is -3.01. The molecule has 4 amide bonds.